The SMILES string of the molecule is CC1CCN(C(=O)OC(C)(C)C)C(c2ccc(Nc3nc(N4CCCC(N5CCN(C6CCCC6)C5=O)C4)cnc3C#N)cc2)C1. The molecular weight excluding hydrogens is 580 g/mol. The number of rotatable bonds is 6. The van der Waals surface area contributed by atoms with Crippen LogP contribution in [0.3, 0.4) is 0 Å². The number of nitrogens with zero attached hydrogens (tertiary/aromatic N) is 7. The molecule has 246 valence electrons. The van der Waals surface area contributed by atoms with Crippen LogP contribution in [-0.4, -0.2) is 87.2 Å². The summed E-state index contributed by atoms with van der Waals surface area (Å²) in [5.41, 5.74) is 1.50. The first-order chi connectivity index (χ1) is 22.1. The van der Waals surface area contributed by atoms with Crippen molar-refractivity contribution in [1.82, 2.24) is 24.7 Å². The molecule has 0 radical (unpaired) electrons. The molecule has 3 aliphatic heterocycles. The molecule has 3 amide bonds. The Bertz CT molecular complexity index is 1450. The molecule has 6 rings (SSSR count). The van der Waals surface area contributed by atoms with Crippen molar-refractivity contribution in [2.24, 2.45) is 5.92 Å². The molecule has 4 fully saturated rings. The third kappa shape index (κ3) is 7.01. The summed E-state index contributed by atoms with van der Waals surface area (Å²) in [7, 11) is 0. The fourth-order valence-electron chi connectivity index (χ4n) is 7.51. The molecule has 1 N–H and O–H groups in total. The summed E-state index contributed by atoms with van der Waals surface area (Å²) in [5.74, 6) is 1.61. The van der Waals surface area contributed by atoms with E-state index in [9.17, 15) is 14.9 Å². The molecule has 0 bridgehead atoms. The molecule has 4 heterocycles. The average Bonchev–Trinajstić information content (AvgIpc) is 3.70. The van der Waals surface area contributed by atoms with Gasteiger partial charge in [0.2, 0.25) is 0 Å². The van der Waals surface area contributed by atoms with Crippen molar-refractivity contribution < 1.29 is 14.3 Å². The molecule has 11 heteroatoms. The zero-order valence-corrected chi connectivity index (χ0v) is 27.7. The topological polar surface area (TPSA) is 118 Å². The van der Waals surface area contributed by atoms with Gasteiger partial charge in [-0.1, -0.05) is 31.9 Å². The molecular formula is C35H48N8O3. The maximum Gasteiger partial charge on any atom is 0.410 e. The van der Waals surface area contributed by atoms with Gasteiger partial charge < -0.3 is 29.7 Å². The van der Waals surface area contributed by atoms with E-state index >= 15 is 0 Å². The summed E-state index contributed by atoms with van der Waals surface area (Å²) in [5, 5.41) is 13.1. The Morgan fingerprint density at radius 1 is 0.978 bits per heavy atom. The van der Waals surface area contributed by atoms with Crippen LogP contribution in [0.25, 0.3) is 0 Å². The first-order valence-corrected chi connectivity index (χ1v) is 17.1. The number of nitriles is 1. The second kappa shape index (κ2) is 13.3. The van der Waals surface area contributed by atoms with Gasteiger partial charge >= 0.3 is 12.1 Å². The number of hydrogen-bond acceptors (Lipinski definition) is 8. The molecule has 1 aromatic heterocycles. The molecule has 3 atom stereocenters. The molecule has 2 aromatic rings. The van der Waals surface area contributed by atoms with E-state index in [1.165, 1.54) is 12.8 Å². The number of carbonyl (C=O) groups excluding carboxylic acids is 2. The van der Waals surface area contributed by atoms with Crippen LogP contribution in [0.4, 0.5) is 26.9 Å². The van der Waals surface area contributed by atoms with Gasteiger partial charge in [-0.2, -0.15) is 5.26 Å². The van der Waals surface area contributed by atoms with Crippen molar-refractivity contribution in [3.63, 3.8) is 0 Å². The van der Waals surface area contributed by atoms with Crippen LogP contribution >= 0.6 is 0 Å². The molecule has 3 saturated heterocycles. The minimum absolute atomic E-state index is 0.0646. The second-order valence-electron chi connectivity index (χ2n) is 14.5. The second-order valence-corrected chi connectivity index (χ2v) is 14.5. The monoisotopic (exact) mass is 628 g/mol. The van der Waals surface area contributed by atoms with Crippen LogP contribution in [-0.2, 0) is 4.74 Å². The lowest BCUT2D eigenvalue weighted by atomic mass is 9.88. The van der Waals surface area contributed by atoms with Crippen LogP contribution in [0.2, 0.25) is 0 Å². The van der Waals surface area contributed by atoms with Crippen molar-refractivity contribution in [1.29, 1.82) is 5.26 Å². The largest absolute Gasteiger partial charge is 0.444 e. The Balaban J connectivity index is 1.14. The summed E-state index contributed by atoms with van der Waals surface area (Å²) in [6, 6.07) is 10.8. The summed E-state index contributed by atoms with van der Waals surface area (Å²) >= 11 is 0. The summed E-state index contributed by atoms with van der Waals surface area (Å²) in [4.78, 5) is 43.9. The van der Waals surface area contributed by atoms with Gasteiger partial charge in [0.25, 0.3) is 0 Å². The highest BCUT2D eigenvalue weighted by Crippen LogP contribution is 2.36. The molecule has 3 unspecified atom stereocenters. The quantitative estimate of drug-likeness (QED) is 0.388. The molecule has 1 saturated carbocycles. The minimum atomic E-state index is -0.552. The summed E-state index contributed by atoms with van der Waals surface area (Å²) in [6.07, 6.45) is 9.84. The fourth-order valence-corrected chi connectivity index (χ4v) is 7.51. The van der Waals surface area contributed by atoms with E-state index in [1.54, 1.807) is 6.20 Å². The van der Waals surface area contributed by atoms with Gasteiger partial charge in [0, 0.05) is 44.5 Å². The van der Waals surface area contributed by atoms with Crippen molar-refractivity contribution in [2.45, 2.75) is 103 Å². The number of hydrogen-bond donors (Lipinski definition) is 1. The number of urea groups is 1. The van der Waals surface area contributed by atoms with Gasteiger partial charge in [0.1, 0.15) is 17.5 Å². The van der Waals surface area contributed by atoms with Gasteiger partial charge in [-0.25, -0.2) is 19.6 Å². The molecule has 4 aliphatic rings. The van der Waals surface area contributed by atoms with E-state index < -0.39 is 5.60 Å². The number of nitrogens with one attached hydrogen (secondary N) is 1. The Labute approximate surface area is 272 Å². The number of carbonyl (C=O) groups is 2. The predicted octanol–water partition coefficient (Wildman–Crippen LogP) is 6.45. The first kappa shape index (κ1) is 31.9. The van der Waals surface area contributed by atoms with E-state index in [-0.39, 0.29) is 29.9 Å². The minimum Gasteiger partial charge on any atom is -0.444 e. The Morgan fingerprint density at radius 3 is 2.37 bits per heavy atom. The van der Waals surface area contributed by atoms with Crippen molar-refractivity contribution in [2.75, 3.05) is 42.9 Å². The highest BCUT2D eigenvalue weighted by Gasteiger charge is 2.40. The molecule has 46 heavy (non-hydrogen) atoms. The van der Waals surface area contributed by atoms with E-state index in [2.05, 4.69) is 38.0 Å². The maximum atomic E-state index is 13.4. The average molecular weight is 629 g/mol. The third-order valence-electron chi connectivity index (χ3n) is 9.92. The van der Waals surface area contributed by atoms with Crippen molar-refractivity contribution >= 4 is 29.4 Å². The van der Waals surface area contributed by atoms with Gasteiger partial charge in [-0.3, -0.25) is 0 Å². The fraction of sp³-hybridized carbons (Fsp3) is 0.629. The molecule has 1 aliphatic carbocycles. The number of aromatic nitrogens is 2. The third-order valence-corrected chi connectivity index (χ3v) is 9.92. The zero-order chi connectivity index (χ0) is 32.4. The van der Waals surface area contributed by atoms with Gasteiger partial charge in [0.15, 0.2) is 11.5 Å². The first-order valence-electron chi connectivity index (χ1n) is 17.1. The smallest absolute Gasteiger partial charge is 0.410 e. The highest BCUT2D eigenvalue weighted by atomic mass is 16.6. The predicted molar refractivity (Wildman–Crippen MR) is 177 cm³/mol. The van der Waals surface area contributed by atoms with Crippen LogP contribution in [0.1, 0.15) is 96.4 Å². The van der Waals surface area contributed by atoms with E-state index in [0.717, 1.165) is 69.4 Å². The Hall–Kier alpha value is -4.07. The van der Waals surface area contributed by atoms with E-state index in [4.69, 9.17) is 9.72 Å². The zero-order valence-electron chi connectivity index (χ0n) is 27.7. The van der Waals surface area contributed by atoms with Crippen LogP contribution < -0.4 is 10.2 Å². The number of amides is 3. The lowest BCUT2D eigenvalue weighted by Gasteiger charge is -2.39. The summed E-state index contributed by atoms with van der Waals surface area (Å²) in [6.45, 7) is 11.7. The van der Waals surface area contributed by atoms with E-state index in [1.807, 2.05) is 49.9 Å². The lowest BCUT2D eigenvalue weighted by Crippen LogP contribution is -2.50. The summed E-state index contributed by atoms with van der Waals surface area (Å²) < 4.78 is 5.72. The van der Waals surface area contributed by atoms with E-state index in [0.29, 0.717) is 36.7 Å². The normalized spacial score (nSPS) is 24.3. The maximum absolute atomic E-state index is 13.4. The molecule has 1 aromatic carbocycles. The van der Waals surface area contributed by atoms with Gasteiger partial charge in [-0.05, 0) is 82.9 Å². The molecule has 0 spiro atoms. The number of likely N-dealkylation sites (tertiary alicyclic amines) is 1. The number of anilines is 3. The van der Waals surface area contributed by atoms with Crippen LogP contribution in [0.15, 0.2) is 30.5 Å². The standard InChI is InChI=1S/C35H48N8O3/c1-24-15-17-43(34(45)46-35(2,3)4)30(20-24)25-11-13-26(14-12-25)38-32-29(21-36)37-22-31(39-32)40-16-7-10-28(23-40)42-19-18-41(33(42)44)27-8-5-6-9-27/h11-14,22,24,27-28,30H,5-10,15-20,23H2,1-4H3,(H,38,39). The molecule has 11 nitrogen and oxygen atoms in total. The Morgan fingerprint density at radius 2 is 1.67 bits per heavy atom. The van der Waals surface area contributed by atoms with Crippen LogP contribution in [0, 0.1) is 17.2 Å². The Kier molecular flexibility index (Phi) is 9.25. The van der Waals surface area contributed by atoms with Gasteiger partial charge in [-0.15, -0.1) is 0 Å². The van der Waals surface area contributed by atoms with Crippen molar-refractivity contribution in [3.05, 3.63) is 41.7 Å². The lowest BCUT2D eigenvalue weighted by molar-refractivity contribution is 0.00512. The van der Waals surface area contributed by atoms with Gasteiger partial charge in [0.05, 0.1) is 18.3 Å². The number of ether oxygens (including phenoxy) is 1. The number of benzene rings is 1. The van der Waals surface area contributed by atoms with Crippen LogP contribution in [0.5, 0.6) is 0 Å². The number of piperidine rings is 2. The highest BCUT2D eigenvalue weighted by molar-refractivity contribution is 5.77. The van der Waals surface area contributed by atoms with Crippen molar-refractivity contribution in [3.8, 4) is 6.07 Å².